The van der Waals surface area contributed by atoms with Gasteiger partial charge in [-0.25, -0.2) is 4.85 Å². The number of aryl methyl sites for hydroxylation is 1. The van der Waals surface area contributed by atoms with E-state index < -0.39 is 0 Å². The highest BCUT2D eigenvalue weighted by molar-refractivity contribution is 5.77. The lowest BCUT2D eigenvalue weighted by molar-refractivity contribution is -0.206. The molecular weight excluding hydrogens is 414 g/mol. The van der Waals surface area contributed by atoms with E-state index in [0.29, 0.717) is 42.4 Å². The molecule has 3 aliphatic carbocycles. The highest BCUT2D eigenvalue weighted by atomic mass is 16.6. The molecule has 1 aromatic carbocycles. The van der Waals surface area contributed by atoms with Gasteiger partial charge in [0.15, 0.2) is 0 Å². The standard InChI is InChI=1S/C28H37NO4/c1-26(2)12-13-28(33-25(26)30)11-9-22-20-7-6-18-16-24(32-15-14-31-5)23(29-4)17-21(18)19(20)8-10-27(22,28)3/h16-17,19-20,22H,6-15H2,1-3,5H3/t19?,20?,22?,27-,28+/m0/s1. The molecule has 5 atom stereocenters. The summed E-state index contributed by atoms with van der Waals surface area (Å²) in [6.45, 7) is 15.1. The Kier molecular flexibility index (Phi) is 5.52. The largest absolute Gasteiger partial charge is 0.502 e. The topological polar surface area (TPSA) is 49.1 Å². The van der Waals surface area contributed by atoms with Crippen LogP contribution in [0.2, 0.25) is 0 Å². The number of carbonyl (C=O) groups excluding carboxylic acids is 1. The van der Waals surface area contributed by atoms with Crippen LogP contribution in [0.4, 0.5) is 5.69 Å². The van der Waals surface area contributed by atoms with Crippen molar-refractivity contribution >= 4 is 11.7 Å². The van der Waals surface area contributed by atoms with Crippen LogP contribution in [0, 0.1) is 29.2 Å². The van der Waals surface area contributed by atoms with E-state index in [1.165, 1.54) is 17.5 Å². The van der Waals surface area contributed by atoms with Crippen LogP contribution >= 0.6 is 0 Å². The van der Waals surface area contributed by atoms with Crippen LogP contribution < -0.4 is 4.74 Å². The van der Waals surface area contributed by atoms with Crippen molar-refractivity contribution < 1.29 is 19.0 Å². The van der Waals surface area contributed by atoms with Crippen LogP contribution in [0.3, 0.4) is 0 Å². The lowest BCUT2D eigenvalue weighted by Gasteiger charge is -2.56. The van der Waals surface area contributed by atoms with E-state index in [9.17, 15) is 4.79 Å². The first-order chi connectivity index (χ1) is 15.7. The molecule has 1 spiro atoms. The molecular formula is C28H37NO4. The Labute approximate surface area is 198 Å². The van der Waals surface area contributed by atoms with Gasteiger partial charge in [0.25, 0.3) is 0 Å². The normalized spacial score (nSPS) is 36.3. The van der Waals surface area contributed by atoms with E-state index in [4.69, 9.17) is 20.8 Å². The third-order valence-electron chi connectivity index (χ3n) is 9.75. The summed E-state index contributed by atoms with van der Waals surface area (Å²) in [6, 6.07) is 4.22. The maximum Gasteiger partial charge on any atom is 0.312 e. The van der Waals surface area contributed by atoms with Gasteiger partial charge in [-0.2, -0.15) is 0 Å². The number of methoxy groups -OCH3 is 1. The first-order valence-corrected chi connectivity index (χ1v) is 12.6. The third-order valence-corrected chi connectivity index (χ3v) is 9.75. The highest BCUT2D eigenvalue weighted by Crippen LogP contribution is 2.67. The van der Waals surface area contributed by atoms with E-state index in [1.807, 2.05) is 13.8 Å². The van der Waals surface area contributed by atoms with Gasteiger partial charge in [-0.05, 0) is 101 Å². The number of rotatable bonds is 4. The summed E-state index contributed by atoms with van der Waals surface area (Å²) in [7, 11) is 1.66. The van der Waals surface area contributed by atoms with Crippen LogP contribution in [0.1, 0.15) is 82.8 Å². The highest BCUT2D eigenvalue weighted by Gasteiger charge is 2.65. The molecule has 1 aliphatic heterocycles. The van der Waals surface area contributed by atoms with Crippen LogP contribution in [-0.2, 0) is 20.7 Å². The summed E-state index contributed by atoms with van der Waals surface area (Å²) in [5, 5.41) is 0. The first-order valence-electron chi connectivity index (χ1n) is 12.6. The zero-order valence-corrected chi connectivity index (χ0v) is 20.5. The van der Waals surface area contributed by atoms with Crippen molar-refractivity contribution in [3.8, 4) is 5.75 Å². The number of ether oxygens (including phenoxy) is 3. The van der Waals surface area contributed by atoms with Crippen molar-refractivity contribution in [2.24, 2.45) is 22.7 Å². The van der Waals surface area contributed by atoms with Gasteiger partial charge in [-0.15, -0.1) is 0 Å². The third kappa shape index (κ3) is 3.40. The summed E-state index contributed by atoms with van der Waals surface area (Å²) in [6.07, 6.45) is 8.46. The molecule has 0 amide bonds. The number of fused-ring (bicyclic) bond motifs is 6. The quantitative estimate of drug-likeness (QED) is 0.310. The number of carbonyl (C=O) groups is 1. The summed E-state index contributed by atoms with van der Waals surface area (Å²) >= 11 is 0. The van der Waals surface area contributed by atoms with Gasteiger partial charge >= 0.3 is 5.97 Å². The zero-order valence-electron chi connectivity index (χ0n) is 20.5. The van der Waals surface area contributed by atoms with Gasteiger partial charge < -0.3 is 14.2 Å². The number of hydrogen-bond acceptors (Lipinski definition) is 4. The Morgan fingerprint density at radius 3 is 2.64 bits per heavy atom. The van der Waals surface area contributed by atoms with Crippen molar-refractivity contribution in [2.75, 3.05) is 20.3 Å². The lowest BCUT2D eigenvalue weighted by atomic mass is 9.52. The van der Waals surface area contributed by atoms with E-state index >= 15 is 0 Å². The number of benzene rings is 1. The number of nitrogens with zero attached hydrogens (tertiary/aromatic N) is 1. The van der Waals surface area contributed by atoms with Gasteiger partial charge in [0, 0.05) is 12.5 Å². The Morgan fingerprint density at radius 1 is 1.09 bits per heavy atom. The maximum atomic E-state index is 12.9. The molecule has 5 nitrogen and oxygen atoms in total. The molecule has 3 unspecified atom stereocenters. The van der Waals surface area contributed by atoms with Gasteiger partial charge in [0.05, 0.1) is 18.6 Å². The fourth-order valence-electron chi connectivity index (χ4n) is 7.68. The minimum absolute atomic E-state index is 0.00515. The number of hydrogen-bond donors (Lipinski definition) is 0. The Balaban J connectivity index is 1.42. The summed E-state index contributed by atoms with van der Waals surface area (Å²) in [5.41, 5.74) is 2.74. The summed E-state index contributed by atoms with van der Waals surface area (Å²) in [5.74, 6) is 2.35. The molecule has 178 valence electrons. The fraction of sp³-hybridized carbons (Fsp3) is 0.714. The molecule has 33 heavy (non-hydrogen) atoms. The van der Waals surface area contributed by atoms with E-state index in [0.717, 1.165) is 44.9 Å². The number of esters is 1. The molecule has 5 rings (SSSR count). The molecule has 1 heterocycles. The Morgan fingerprint density at radius 2 is 1.91 bits per heavy atom. The van der Waals surface area contributed by atoms with Crippen LogP contribution in [0.5, 0.6) is 5.75 Å². The van der Waals surface area contributed by atoms with Crippen LogP contribution in [-0.4, -0.2) is 31.9 Å². The average molecular weight is 452 g/mol. The predicted octanol–water partition coefficient (Wildman–Crippen LogP) is 6.22. The van der Waals surface area contributed by atoms with Crippen molar-refractivity contribution in [1.82, 2.24) is 0 Å². The molecule has 0 aromatic heterocycles. The van der Waals surface area contributed by atoms with Gasteiger partial charge in [0.1, 0.15) is 18.0 Å². The summed E-state index contributed by atoms with van der Waals surface area (Å²) < 4.78 is 17.3. The maximum absolute atomic E-state index is 12.9. The predicted molar refractivity (Wildman–Crippen MR) is 127 cm³/mol. The molecule has 1 aromatic rings. The van der Waals surface area contributed by atoms with Crippen molar-refractivity contribution in [2.45, 2.75) is 83.7 Å². The Bertz CT molecular complexity index is 994. The second-order valence-corrected chi connectivity index (χ2v) is 11.6. The smallest absolute Gasteiger partial charge is 0.312 e. The molecule has 1 saturated heterocycles. The molecule has 2 saturated carbocycles. The Hall–Kier alpha value is -2.06. The SMILES string of the molecule is [C-]#[N+]c1cc2c(cc1OCCOC)CCC1C2CC[C@@]2(C)C1CC[C@@]21CCC(C)(C)C(=O)O1. The van der Waals surface area contributed by atoms with Crippen molar-refractivity contribution in [3.05, 3.63) is 34.7 Å². The first kappa shape index (κ1) is 22.7. The molecule has 0 bridgehead atoms. The van der Waals surface area contributed by atoms with Crippen molar-refractivity contribution in [1.29, 1.82) is 0 Å². The minimum atomic E-state index is -0.361. The van der Waals surface area contributed by atoms with Gasteiger partial charge in [-0.3, -0.25) is 4.79 Å². The monoisotopic (exact) mass is 451 g/mol. The van der Waals surface area contributed by atoms with Crippen LogP contribution in [0.15, 0.2) is 12.1 Å². The van der Waals surface area contributed by atoms with E-state index in [-0.39, 0.29) is 22.4 Å². The fourth-order valence-corrected chi connectivity index (χ4v) is 7.68. The lowest BCUT2D eigenvalue weighted by Crippen LogP contribution is -2.56. The second kappa shape index (κ2) is 8.01. The molecule has 0 N–H and O–H groups in total. The van der Waals surface area contributed by atoms with Gasteiger partial charge in [-0.1, -0.05) is 12.5 Å². The van der Waals surface area contributed by atoms with E-state index in [2.05, 4.69) is 23.9 Å². The van der Waals surface area contributed by atoms with Gasteiger partial charge in [0.2, 0.25) is 5.69 Å². The second-order valence-electron chi connectivity index (χ2n) is 11.6. The average Bonchev–Trinajstić information content (AvgIpc) is 3.08. The molecule has 3 fully saturated rings. The molecule has 0 radical (unpaired) electrons. The summed E-state index contributed by atoms with van der Waals surface area (Å²) in [4.78, 5) is 16.7. The zero-order chi connectivity index (χ0) is 23.4. The van der Waals surface area contributed by atoms with E-state index in [1.54, 1.807) is 7.11 Å². The molecule has 5 heteroatoms. The molecule has 4 aliphatic rings. The van der Waals surface area contributed by atoms with Crippen LogP contribution in [0.25, 0.3) is 4.85 Å². The van der Waals surface area contributed by atoms with Crippen molar-refractivity contribution in [3.63, 3.8) is 0 Å². The minimum Gasteiger partial charge on any atom is -0.502 e.